The summed E-state index contributed by atoms with van der Waals surface area (Å²) in [5.41, 5.74) is 3.71. The van der Waals surface area contributed by atoms with E-state index in [1.54, 1.807) is 4.57 Å². The maximum absolute atomic E-state index is 12.0. The first-order valence-corrected chi connectivity index (χ1v) is 6.45. The van der Waals surface area contributed by atoms with Gasteiger partial charge in [0.2, 0.25) is 0 Å². The number of imidazole rings is 1. The number of hydrogen-bond acceptors (Lipinski definition) is 1. The molecule has 3 rings (SSSR count). The highest BCUT2D eigenvalue weighted by Crippen LogP contribution is 2.18. The highest BCUT2D eigenvalue weighted by Gasteiger charge is 2.08. The van der Waals surface area contributed by atoms with Crippen molar-refractivity contribution >= 4 is 22.6 Å². The molecule has 0 amide bonds. The number of benzene rings is 2. The van der Waals surface area contributed by atoms with Crippen LogP contribution in [0.1, 0.15) is 11.1 Å². The quantitative estimate of drug-likeness (QED) is 0.763. The van der Waals surface area contributed by atoms with Gasteiger partial charge in [-0.25, -0.2) is 4.79 Å². The summed E-state index contributed by atoms with van der Waals surface area (Å²) in [6.45, 7) is 2.48. The number of aromatic amines is 1. The van der Waals surface area contributed by atoms with Gasteiger partial charge >= 0.3 is 5.69 Å². The minimum atomic E-state index is -0.111. The topological polar surface area (TPSA) is 37.8 Å². The number of rotatable bonds is 2. The SMILES string of the molecule is Cc1ccc2c(c1)[nH]c(=O)n2Cc1ccccc1Cl. The zero-order valence-corrected chi connectivity index (χ0v) is 11.2. The molecule has 0 aliphatic rings. The van der Waals surface area contributed by atoms with Crippen molar-refractivity contribution in [2.75, 3.05) is 0 Å². The summed E-state index contributed by atoms with van der Waals surface area (Å²) in [4.78, 5) is 14.9. The van der Waals surface area contributed by atoms with Crippen LogP contribution in [0.2, 0.25) is 5.02 Å². The molecule has 0 bridgehead atoms. The third kappa shape index (κ3) is 2.17. The Morgan fingerprint density at radius 3 is 2.79 bits per heavy atom. The minimum Gasteiger partial charge on any atom is -0.306 e. The fraction of sp³-hybridized carbons (Fsp3) is 0.133. The highest BCUT2D eigenvalue weighted by atomic mass is 35.5. The maximum atomic E-state index is 12.0. The molecule has 0 atom stereocenters. The van der Waals surface area contributed by atoms with Gasteiger partial charge in [-0.15, -0.1) is 0 Å². The van der Waals surface area contributed by atoms with E-state index in [-0.39, 0.29) is 5.69 Å². The molecule has 0 aliphatic carbocycles. The number of fused-ring (bicyclic) bond motifs is 1. The zero-order chi connectivity index (χ0) is 13.4. The van der Waals surface area contributed by atoms with E-state index in [0.717, 1.165) is 22.2 Å². The zero-order valence-electron chi connectivity index (χ0n) is 10.5. The number of H-pyrrole nitrogens is 1. The van der Waals surface area contributed by atoms with E-state index in [4.69, 9.17) is 11.6 Å². The molecular formula is C15H13ClN2O. The molecule has 4 heteroatoms. The molecule has 1 N–H and O–H groups in total. The van der Waals surface area contributed by atoms with Crippen LogP contribution in [0.3, 0.4) is 0 Å². The first kappa shape index (κ1) is 12.1. The number of aromatic nitrogens is 2. The number of nitrogens with zero attached hydrogens (tertiary/aromatic N) is 1. The fourth-order valence-corrected chi connectivity index (χ4v) is 2.43. The van der Waals surface area contributed by atoms with Crippen molar-refractivity contribution in [3.63, 3.8) is 0 Å². The largest absolute Gasteiger partial charge is 0.326 e. The average Bonchev–Trinajstić information content (AvgIpc) is 2.68. The summed E-state index contributed by atoms with van der Waals surface area (Å²) >= 11 is 6.14. The Balaban J connectivity index is 2.13. The Bertz CT molecular complexity index is 801. The second-order valence-corrected chi connectivity index (χ2v) is 5.04. The molecule has 0 spiro atoms. The van der Waals surface area contributed by atoms with E-state index >= 15 is 0 Å². The van der Waals surface area contributed by atoms with Crippen molar-refractivity contribution in [1.29, 1.82) is 0 Å². The third-order valence-electron chi connectivity index (χ3n) is 3.22. The van der Waals surface area contributed by atoms with Gasteiger partial charge < -0.3 is 4.98 Å². The first-order chi connectivity index (χ1) is 9.15. The Morgan fingerprint density at radius 2 is 2.00 bits per heavy atom. The van der Waals surface area contributed by atoms with Crippen molar-refractivity contribution in [2.45, 2.75) is 13.5 Å². The van der Waals surface area contributed by atoms with E-state index in [2.05, 4.69) is 4.98 Å². The number of hydrogen-bond donors (Lipinski definition) is 1. The molecule has 0 aliphatic heterocycles. The fourth-order valence-electron chi connectivity index (χ4n) is 2.23. The summed E-state index contributed by atoms with van der Waals surface area (Å²) in [7, 11) is 0. The monoisotopic (exact) mass is 272 g/mol. The highest BCUT2D eigenvalue weighted by molar-refractivity contribution is 6.31. The van der Waals surface area contributed by atoms with Gasteiger partial charge in [0.15, 0.2) is 0 Å². The molecule has 0 unspecified atom stereocenters. The number of halogens is 1. The van der Waals surface area contributed by atoms with Crippen LogP contribution in [0.25, 0.3) is 11.0 Å². The van der Waals surface area contributed by atoms with Crippen LogP contribution in [0.4, 0.5) is 0 Å². The van der Waals surface area contributed by atoms with Crippen molar-refractivity contribution in [3.8, 4) is 0 Å². The molecular weight excluding hydrogens is 260 g/mol. The lowest BCUT2D eigenvalue weighted by atomic mass is 10.2. The number of aryl methyl sites for hydroxylation is 1. The standard InChI is InChI=1S/C15H13ClN2O/c1-10-6-7-14-13(8-10)17-15(19)18(14)9-11-4-2-3-5-12(11)16/h2-8H,9H2,1H3,(H,17,19). The molecule has 96 valence electrons. The Kier molecular flexibility index (Phi) is 2.91. The second kappa shape index (κ2) is 4.59. The minimum absolute atomic E-state index is 0.111. The van der Waals surface area contributed by atoms with Crippen molar-refractivity contribution in [3.05, 3.63) is 69.1 Å². The van der Waals surface area contributed by atoms with Crippen LogP contribution in [0.15, 0.2) is 47.3 Å². The lowest BCUT2D eigenvalue weighted by Crippen LogP contribution is -2.17. The summed E-state index contributed by atoms with van der Waals surface area (Å²) in [5.74, 6) is 0. The Hall–Kier alpha value is -2.00. The molecule has 3 aromatic rings. The summed E-state index contributed by atoms with van der Waals surface area (Å²) in [6.07, 6.45) is 0. The lowest BCUT2D eigenvalue weighted by Gasteiger charge is -2.05. The van der Waals surface area contributed by atoms with Gasteiger partial charge in [0.05, 0.1) is 17.6 Å². The molecule has 1 aromatic heterocycles. The van der Waals surface area contributed by atoms with Gasteiger partial charge in [0.25, 0.3) is 0 Å². The van der Waals surface area contributed by atoms with E-state index in [0.29, 0.717) is 11.6 Å². The third-order valence-corrected chi connectivity index (χ3v) is 3.58. The normalized spacial score (nSPS) is 11.1. The van der Waals surface area contributed by atoms with Gasteiger partial charge in [-0.05, 0) is 36.2 Å². The van der Waals surface area contributed by atoms with Gasteiger partial charge in [0.1, 0.15) is 0 Å². The molecule has 2 aromatic carbocycles. The van der Waals surface area contributed by atoms with Gasteiger partial charge in [-0.1, -0.05) is 35.9 Å². The summed E-state index contributed by atoms with van der Waals surface area (Å²) in [6, 6.07) is 13.5. The van der Waals surface area contributed by atoms with Gasteiger partial charge in [-0.3, -0.25) is 4.57 Å². The van der Waals surface area contributed by atoms with Crippen molar-refractivity contribution in [1.82, 2.24) is 9.55 Å². The van der Waals surface area contributed by atoms with Crippen LogP contribution < -0.4 is 5.69 Å². The van der Waals surface area contributed by atoms with Crippen molar-refractivity contribution in [2.24, 2.45) is 0 Å². The van der Waals surface area contributed by atoms with Crippen LogP contribution in [-0.4, -0.2) is 9.55 Å². The van der Waals surface area contributed by atoms with Gasteiger partial charge in [-0.2, -0.15) is 0 Å². The van der Waals surface area contributed by atoms with Crippen LogP contribution >= 0.6 is 11.6 Å². The van der Waals surface area contributed by atoms with Crippen LogP contribution in [0.5, 0.6) is 0 Å². The molecule has 0 radical (unpaired) electrons. The summed E-state index contributed by atoms with van der Waals surface area (Å²) in [5, 5.41) is 0.677. The van der Waals surface area contributed by atoms with Crippen LogP contribution in [0, 0.1) is 6.92 Å². The summed E-state index contributed by atoms with van der Waals surface area (Å²) < 4.78 is 1.70. The van der Waals surface area contributed by atoms with Gasteiger partial charge in [0, 0.05) is 5.02 Å². The molecule has 1 heterocycles. The van der Waals surface area contributed by atoms with Crippen molar-refractivity contribution < 1.29 is 0 Å². The first-order valence-electron chi connectivity index (χ1n) is 6.08. The Morgan fingerprint density at radius 1 is 1.21 bits per heavy atom. The molecule has 3 nitrogen and oxygen atoms in total. The number of nitrogens with one attached hydrogen (secondary N) is 1. The van der Waals surface area contributed by atoms with E-state index < -0.39 is 0 Å². The molecule has 0 saturated heterocycles. The predicted molar refractivity (Wildman–Crippen MR) is 77.8 cm³/mol. The second-order valence-electron chi connectivity index (χ2n) is 4.63. The lowest BCUT2D eigenvalue weighted by molar-refractivity contribution is 0.787. The maximum Gasteiger partial charge on any atom is 0.326 e. The average molecular weight is 273 g/mol. The van der Waals surface area contributed by atoms with Crippen LogP contribution in [-0.2, 0) is 6.54 Å². The van der Waals surface area contributed by atoms with E-state index in [1.165, 1.54) is 0 Å². The molecule has 19 heavy (non-hydrogen) atoms. The Labute approximate surface area is 115 Å². The molecule has 0 saturated carbocycles. The van der Waals surface area contributed by atoms with E-state index in [1.807, 2.05) is 49.4 Å². The molecule has 0 fully saturated rings. The smallest absolute Gasteiger partial charge is 0.306 e. The predicted octanol–water partition coefficient (Wildman–Crippen LogP) is 3.34. The van der Waals surface area contributed by atoms with E-state index in [9.17, 15) is 4.79 Å².